The van der Waals surface area contributed by atoms with E-state index in [1.54, 1.807) is 18.5 Å². The van der Waals surface area contributed by atoms with Crippen molar-refractivity contribution < 1.29 is 4.79 Å². The van der Waals surface area contributed by atoms with E-state index in [9.17, 15) is 4.79 Å². The van der Waals surface area contributed by atoms with Crippen LogP contribution < -0.4 is 0 Å². The first kappa shape index (κ1) is 16.6. The van der Waals surface area contributed by atoms with E-state index < -0.39 is 0 Å². The molecular weight excluding hydrogens is 206 g/mol. The number of Topliss-reactive ketones (excluding diaryl/α,β-unsaturated/α-hetero) is 1. The Kier molecular flexibility index (Phi) is 12.4. The van der Waals surface area contributed by atoms with E-state index in [-0.39, 0.29) is 5.78 Å². The number of thiol groups is 1. The van der Waals surface area contributed by atoms with Gasteiger partial charge in [-0.25, -0.2) is 0 Å². The summed E-state index contributed by atoms with van der Waals surface area (Å²) in [5, 5.41) is 0. The van der Waals surface area contributed by atoms with E-state index in [1.165, 1.54) is 0 Å². The van der Waals surface area contributed by atoms with Crippen LogP contribution in [0.15, 0.2) is 23.4 Å². The molecular formula is C12H21NOS. The summed E-state index contributed by atoms with van der Waals surface area (Å²) in [6.07, 6.45) is 3.68. The van der Waals surface area contributed by atoms with Crippen LogP contribution in [0.3, 0.4) is 0 Å². The van der Waals surface area contributed by atoms with Crippen LogP contribution in [0.1, 0.15) is 51.4 Å². The molecule has 86 valence electrons. The van der Waals surface area contributed by atoms with Crippen molar-refractivity contribution in [2.75, 3.05) is 0 Å². The largest absolute Gasteiger partial charge is 0.294 e. The van der Waals surface area contributed by atoms with Crippen LogP contribution in [-0.4, -0.2) is 10.8 Å². The van der Waals surface area contributed by atoms with Crippen LogP contribution in [0.4, 0.5) is 0 Å². The van der Waals surface area contributed by atoms with Crippen LogP contribution >= 0.6 is 12.6 Å². The highest BCUT2D eigenvalue weighted by Gasteiger charge is 2.01. The van der Waals surface area contributed by atoms with Gasteiger partial charge in [0.15, 0.2) is 5.78 Å². The van der Waals surface area contributed by atoms with E-state index in [0.717, 1.165) is 4.90 Å². The number of hydrogen-bond donors (Lipinski definition) is 1. The summed E-state index contributed by atoms with van der Waals surface area (Å²) >= 11 is 4.07. The summed E-state index contributed by atoms with van der Waals surface area (Å²) in [5.74, 6) is 0.105. The van der Waals surface area contributed by atoms with Gasteiger partial charge in [-0.2, -0.15) is 0 Å². The minimum Gasteiger partial charge on any atom is -0.294 e. The van der Waals surface area contributed by atoms with Crippen molar-refractivity contribution >= 4 is 18.4 Å². The molecule has 0 radical (unpaired) electrons. The lowest BCUT2D eigenvalue weighted by Gasteiger charge is -1.96. The smallest absolute Gasteiger partial charge is 0.164 e. The predicted molar refractivity (Wildman–Crippen MR) is 68.8 cm³/mol. The van der Waals surface area contributed by atoms with Gasteiger partial charge in [0.2, 0.25) is 0 Å². The van der Waals surface area contributed by atoms with E-state index in [4.69, 9.17) is 0 Å². The molecule has 15 heavy (non-hydrogen) atoms. The SMILES string of the molecule is CC.CC.CCC(=O)c1cncc(S)c1. The van der Waals surface area contributed by atoms with Gasteiger partial charge in [0.25, 0.3) is 0 Å². The maximum atomic E-state index is 11.1. The average Bonchev–Trinajstić information content (AvgIpc) is 2.33. The fourth-order valence-corrected chi connectivity index (χ4v) is 0.990. The molecule has 0 fully saturated rings. The molecule has 0 amide bonds. The Morgan fingerprint density at radius 1 is 1.27 bits per heavy atom. The van der Waals surface area contributed by atoms with Gasteiger partial charge in [0.1, 0.15) is 0 Å². The summed E-state index contributed by atoms with van der Waals surface area (Å²) in [6, 6.07) is 1.72. The molecule has 0 saturated heterocycles. The molecule has 1 rings (SSSR count). The molecule has 0 saturated carbocycles. The van der Waals surface area contributed by atoms with Gasteiger partial charge < -0.3 is 0 Å². The lowest BCUT2D eigenvalue weighted by Crippen LogP contribution is -1.96. The van der Waals surface area contributed by atoms with Gasteiger partial charge in [-0.3, -0.25) is 9.78 Å². The number of aromatic nitrogens is 1. The summed E-state index contributed by atoms with van der Waals surface area (Å²) in [4.78, 5) is 15.7. The number of nitrogens with zero attached hydrogens (tertiary/aromatic N) is 1. The second kappa shape index (κ2) is 11.2. The maximum Gasteiger partial charge on any atom is 0.164 e. The number of ketones is 1. The van der Waals surface area contributed by atoms with Crippen molar-refractivity contribution in [3.8, 4) is 0 Å². The fourth-order valence-electron chi connectivity index (χ4n) is 0.784. The highest BCUT2D eigenvalue weighted by Crippen LogP contribution is 2.07. The monoisotopic (exact) mass is 227 g/mol. The first-order valence-electron chi connectivity index (χ1n) is 5.41. The van der Waals surface area contributed by atoms with Crippen LogP contribution in [0.25, 0.3) is 0 Å². The topological polar surface area (TPSA) is 30.0 Å². The average molecular weight is 227 g/mol. The van der Waals surface area contributed by atoms with Gasteiger partial charge in [-0.05, 0) is 6.07 Å². The lowest BCUT2D eigenvalue weighted by atomic mass is 10.1. The van der Waals surface area contributed by atoms with Crippen molar-refractivity contribution in [2.45, 2.75) is 45.9 Å². The third-order valence-electron chi connectivity index (χ3n) is 1.37. The van der Waals surface area contributed by atoms with Gasteiger partial charge in [-0.15, -0.1) is 12.6 Å². The first-order valence-corrected chi connectivity index (χ1v) is 5.86. The summed E-state index contributed by atoms with van der Waals surface area (Å²) < 4.78 is 0. The molecule has 1 aromatic rings. The summed E-state index contributed by atoms with van der Waals surface area (Å²) in [7, 11) is 0. The Morgan fingerprint density at radius 2 is 1.80 bits per heavy atom. The minimum absolute atomic E-state index is 0.105. The van der Waals surface area contributed by atoms with Gasteiger partial charge in [0, 0.05) is 29.3 Å². The highest BCUT2D eigenvalue weighted by molar-refractivity contribution is 7.80. The Hall–Kier alpha value is -0.830. The normalized spacial score (nSPS) is 7.87. The molecule has 0 atom stereocenters. The molecule has 0 aromatic carbocycles. The number of pyridine rings is 1. The molecule has 3 heteroatoms. The van der Waals surface area contributed by atoms with E-state index in [2.05, 4.69) is 17.6 Å². The molecule has 0 N–H and O–H groups in total. The van der Waals surface area contributed by atoms with Gasteiger partial charge in [0.05, 0.1) is 0 Å². The molecule has 1 heterocycles. The molecule has 0 spiro atoms. The Morgan fingerprint density at radius 3 is 2.20 bits per heavy atom. The molecule has 1 aromatic heterocycles. The van der Waals surface area contributed by atoms with E-state index in [0.29, 0.717) is 12.0 Å². The molecule has 0 bridgehead atoms. The molecule has 0 unspecified atom stereocenters. The van der Waals surface area contributed by atoms with Crippen molar-refractivity contribution in [2.24, 2.45) is 0 Å². The van der Waals surface area contributed by atoms with Crippen molar-refractivity contribution in [1.29, 1.82) is 0 Å². The van der Waals surface area contributed by atoms with Crippen molar-refractivity contribution in [3.63, 3.8) is 0 Å². The zero-order valence-corrected chi connectivity index (χ0v) is 11.1. The fraction of sp³-hybridized carbons (Fsp3) is 0.500. The van der Waals surface area contributed by atoms with E-state index in [1.807, 2.05) is 34.6 Å². The number of hydrogen-bond acceptors (Lipinski definition) is 3. The third kappa shape index (κ3) is 7.14. The van der Waals surface area contributed by atoms with Crippen molar-refractivity contribution in [3.05, 3.63) is 24.0 Å². The van der Waals surface area contributed by atoms with Crippen LogP contribution in [-0.2, 0) is 0 Å². The first-order chi connectivity index (χ1) is 7.24. The number of carbonyl (C=O) groups is 1. The lowest BCUT2D eigenvalue weighted by molar-refractivity contribution is 0.0987. The highest BCUT2D eigenvalue weighted by atomic mass is 32.1. The van der Waals surface area contributed by atoms with E-state index >= 15 is 0 Å². The minimum atomic E-state index is 0.105. The third-order valence-corrected chi connectivity index (χ3v) is 1.61. The van der Waals surface area contributed by atoms with Gasteiger partial charge in [-0.1, -0.05) is 34.6 Å². The van der Waals surface area contributed by atoms with Gasteiger partial charge >= 0.3 is 0 Å². The quantitative estimate of drug-likeness (QED) is 0.611. The molecule has 0 aliphatic carbocycles. The Bertz CT molecular complexity index is 274. The number of rotatable bonds is 2. The zero-order valence-electron chi connectivity index (χ0n) is 10.2. The molecule has 0 aliphatic rings. The molecule has 2 nitrogen and oxygen atoms in total. The Labute approximate surface area is 98.5 Å². The standard InChI is InChI=1S/C8H9NOS.2C2H6/c1-2-8(10)6-3-7(11)5-9-4-6;2*1-2/h3-5,11H,2H2,1H3;2*1-2H3. The Balaban J connectivity index is 0. The second-order valence-corrected chi connectivity index (χ2v) is 2.72. The van der Waals surface area contributed by atoms with Crippen LogP contribution in [0.2, 0.25) is 0 Å². The number of carbonyl (C=O) groups excluding carboxylic acids is 1. The summed E-state index contributed by atoms with van der Waals surface area (Å²) in [6.45, 7) is 9.83. The van der Waals surface area contributed by atoms with Crippen LogP contribution in [0.5, 0.6) is 0 Å². The zero-order chi connectivity index (χ0) is 12.3. The maximum absolute atomic E-state index is 11.1. The van der Waals surface area contributed by atoms with Crippen LogP contribution in [0, 0.1) is 0 Å². The predicted octanol–water partition coefficient (Wildman–Crippen LogP) is 4.02. The second-order valence-electron chi connectivity index (χ2n) is 2.21. The summed E-state index contributed by atoms with van der Waals surface area (Å²) in [5.41, 5.74) is 0.639. The van der Waals surface area contributed by atoms with Crippen molar-refractivity contribution in [1.82, 2.24) is 4.98 Å². The molecule has 0 aliphatic heterocycles.